The van der Waals surface area contributed by atoms with Gasteiger partial charge in [0.05, 0.1) is 22.5 Å². The van der Waals surface area contributed by atoms with E-state index >= 15 is 0 Å². The number of hydrogen-bond donors (Lipinski definition) is 0. The van der Waals surface area contributed by atoms with Crippen LogP contribution in [0.2, 0.25) is 0 Å². The molecule has 0 saturated carbocycles. The van der Waals surface area contributed by atoms with Crippen LogP contribution in [0.3, 0.4) is 0 Å². The molecule has 0 N–H and O–H groups in total. The molecule has 0 aliphatic carbocycles. The van der Waals surface area contributed by atoms with E-state index in [4.69, 9.17) is 0 Å². The zero-order valence-electron chi connectivity index (χ0n) is 16.3. The van der Waals surface area contributed by atoms with Crippen LogP contribution in [-0.4, -0.2) is 33.1 Å². The number of hydrazone groups is 1. The van der Waals surface area contributed by atoms with Crippen molar-refractivity contribution in [2.75, 3.05) is 6.54 Å². The average molecular weight is 412 g/mol. The van der Waals surface area contributed by atoms with Gasteiger partial charge in [-0.3, -0.25) is 14.8 Å². The summed E-state index contributed by atoms with van der Waals surface area (Å²) in [4.78, 5) is 20.8. The van der Waals surface area contributed by atoms with Crippen LogP contribution in [0.15, 0.2) is 53.8 Å². The molecule has 0 bridgehead atoms. The van der Waals surface area contributed by atoms with E-state index in [2.05, 4.69) is 15.1 Å². The first-order chi connectivity index (χ1) is 14.3. The number of aromatic nitrogens is 2. The van der Waals surface area contributed by atoms with Gasteiger partial charge in [0.25, 0.3) is 0 Å². The molecular weight excluding hydrogens is 393 g/mol. The number of alkyl halides is 3. The Balaban J connectivity index is 1.80. The summed E-state index contributed by atoms with van der Waals surface area (Å²) in [5.74, 6) is -0.0703. The Kier molecular flexibility index (Phi) is 5.24. The third-order valence-electron chi connectivity index (χ3n) is 4.99. The van der Waals surface area contributed by atoms with Gasteiger partial charge < -0.3 is 0 Å². The zero-order valence-corrected chi connectivity index (χ0v) is 16.3. The molecule has 1 fully saturated rings. The van der Waals surface area contributed by atoms with Gasteiger partial charge in [-0.15, -0.1) is 0 Å². The Bertz CT molecular complexity index is 1140. The Morgan fingerprint density at radius 2 is 2.03 bits per heavy atom. The van der Waals surface area contributed by atoms with E-state index in [0.717, 1.165) is 24.2 Å². The number of amides is 1. The molecule has 1 saturated heterocycles. The predicted octanol–water partition coefficient (Wildman–Crippen LogP) is 4.53. The van der Waals surface area contributed by atoms with Crippen molar-refractivity contribution in [3.05, 3.63) is 71.2 Å². The summed E-state index contributed by atoms with van der Waals surface area (Å²) in [5, 5.41) is 6.36. The molecule has 3 aromatic rings. The molecule has 1 aliphatic heterocycles. The number of benzene rings is 1. The van der Waals surface area contributed by atoms with Crippen LogP contribution in [-0.2, 0) is 17.4 Å². The Labute approximate surface area is 171 Å². The van der Waals surface area contributed by atoms with Crippen molar-refractivity contribution < 1.29 is 18.0 Å². The first kappa shape index (κ1) is 20.0. The molecule has 3 heterocycles. The first-order valence-corrected chi connectivity index (χ1v) is 9.58. The number of aryl methyl sites for hydroxylation is 1. The summed E-state index contributed by atoms with van der Waals surface area (Å²) in [5.41, 5.74) is 2.28. The van der Waals surface area contributed by atoms with Crippen LogP contribution < -0.4 is 0 Å². The maximum Gasteiger partial charge on any atom is 0.416 e. The smallest absolute Gasteiger partial charge is 0.273 e. The van der Waals surface area contributed by atoms with Gasteiger partial charge in [-0.05, 0) is 55.3 Å². The fourth-order valence-corrected chi connectivity index (χ4v) is 3.48. The van der Waals surface area contributed by atoms with Crippen molar-refractivity contribution in [1.29, 1.82) is 0 Å². The van der Waals surface area contributed by atoms with Crippen LogP contribution in [0, 0.1) is 6.92 Å². The molecule has 1 amide bonds. The van der Waals surface area contributed by atoms with Gasteiger partial charge in [-0.2, -0.15) is 18.3 Å². The van der Waals surface area contributed by atoms with Gasteiger partial charge in [-0.1, -0.05) is 6.07 Å². The van der Waals surface area contributed by atoms with E-state index in [-0.39, 0.29) is 12.3 Å². The van der Waals surface area contributed by atoms with Crippen LogP contribution >= 0.6 is 0 Å². The minimum Gasteiger partial charge on any atom is -0.273 e. The topological polar surface area (TPSA) is 58.5 Å². The quantitative estimate of drug-likeness (QED) is 0.592. The van der Waals surface area contributed by atoms with Gasteiger partial charge >= 0.3 is 6.18 Å². The highest BCUT2D eigenvalue weighted by molar-refractivity contribution is 6.02. The van der Waals surface area contributed by atoms with Crippen molar-refractivity contribution in [3.8, 4) is 0 Å². The molecule has 0 atom stereocenters. The summed E-state index contributed by atoms with van der Waals surface area (Å²) < 4.78 is 39.7. The zero-order chi connectivity index (χ0) is 21.3. The summed E-state index contributed by atoms with van der Waals surface area (Å²) in [6.07, 6.45) is -1.50. The highest BCUT2D eigenvalue weighted by Crippen LogP contribution is 2.32. The maximum absolute atomic E-state index is 13.2. The lowest BCUT2D eigenvalue weighted by molar-refractivity contribution is -0.137. The molecule has 1 aliphatic rings. The van der Waals surface area contributed by atoms with E-state index in [9.17, 15) is 18.0 Å². The van der Waals surface area contributed by atoms with E-state index in [0.29, 0.717) is 40.8 Å². The second-order valence-corrected chi connectivity index (χ2v) is 7.21. The molecule has 8 heteroatoms. The number of fused-ring (bicyclic) bond motifs is 1. The summed E-state index contributed by atoms with van der Waals surface area (Å²) >= 11 is 0. The molecule has 0 unspecified atom stereocenters. The van der Waals surface area contributed by atoms with Crippen molar-refractivity contribution in [2.45, 2.75) is 32.4 Å². The highest BCUT2D eigenvalue weighted by Gasteiger charge is 2.31. The molecule has 2 aromatic heterocycles. The normalized spacial score (nSPS) is 15.3. The first-order valence-electron chi connectivity index (χ1n) is 9.58. The molecule has 5 nitrogen and oxygen atoms in total. The van der Waals surface area contributed by atoms with Gasteiger partial charge in [0, 0.05) is 36.7 Å². The lowest BCUT2D eigenvalue weighted by Gasteiger charge is -2.15. The third-order valence-corrected chi connectivity index (χ3v) is 4.99. The summed E-state index contributed by atoms with van der Waals surface area (Å²) in [7, 11) is 0. The van der Waals surface area contributed by atoms with Crippen LogP contribution in [0.4, 0.5) is 13.2 Å². The molecule has 4 rings (SSSR count). The number of carbonyl (C=O) groups is 1. The van der Waals surface area contributed by atoms with Crippen molar-refractivity contribution in [2.24, 2.45) is 5.10 Å². The van der Waals surface area contributed by atoms with Crippen LogP contribution in [0.5, 0.6) is 0 Å². The Morgan fingerprint density at radius 3 is 2.73 bits per heavy atom. The van der Waals surface area contributed by atoms with Gasteiger partial charge in [-0.25, -0.2) is 5.01 Å². The highest BCUT2D eigenvalue weighted by atomic mass is 19.4. The van der Waals surface area contributed by atoms with E-state index in [1.807, 2.05) is 19.1 Å². The lowest BCUT2D eigenvalue weighted by Crippen LogP contribution is -2.22. The van der Waals surface area contributed by atoms with E-state index in [1.165, 1.54) is 11.1 Å². The summed E-state index contributed by atoms with van der Waals surface area (Å²) in [6, 6.07) is 10.7. The Morgan fingerprint density at radius 1 is 1.20 bits per heavy atom. The van der Waals surface area contributed by atoms with Gasteiger partial charge in [0.15, 0.2) is 0 Å². The second-order valence-electron chi connectivity index (χ2n) is 7.21. The summed E-state index contributed by atoms with van der Waals surface area (Å²) in [6.45, 7) is 2.36. The minimum absolute atomic E-state index is 0.0703. The molecule has 30 heavy (non-hydrogen) atoms. The Hall–Kier alpha value is -3.29. The fourth-order valence-electron chi connectivity index (χ4n) is 3.48. The van der Waals surface area contributed by atoms with E-state index < -0.39 is 11.7 Å². The maximum atomic E-state index is 13.2. The molecule has 0 radical (unpaired) electrons. The van der Waals surface area contributed by atoms with Crippen molar-refractivity contribution >= 4 is 22.5 Å². The molecule has 1 aromatic carbocycles. The SMILES string of the molecule is Cc1cccc(C(Cc2ccnc3ccc(C(F)(F)F)cc23)=NN2CCCC2=O)n1. The van der Waals surface area contributed by atoms with Crippen LogP contribution in [0.25, 0.3) is 10.9 Å². The minimum atomic E-state index is -4.45. The number of hydrogen-bond acceptors (Lipinski definition) is 4. The standard InChI is InChI=1S/C22H19F3N4O/c1-14-4-2-5-19(27-14)20(28-29-11-3-6-21(29)30)12-15-9-10-26-18-8-7-16(13-17(15)18)22(23,24)25/h2,4-5,7-10,13H,3,6,11-12H2,1H3. The monoisotopic (exact) mass is 412 g/mol. The fraction of sp³-hybridized carbons (Fsp3) is 0.273. The van der Waals surface area contributed by atoms with Crippen molar-refractivity contribution in [3.63, 3.8) is 0 Å². The van der Waals surface area contributed by atoms with Gasteiger partial charge in [0.2, 0.25) is 5.91 Å². The predicted molar refractivity (Wildman–Crippen MR) is 107 cm³/mol. The molecule has 154 valence electrons. The molecule has 0 spiro atoms. The second kappa shape index (κ2) is 7.85. The molecular formula is C22H19F3N4O. The van der Waals surface area contributed by atoms with Crippen molar-refractivity contribution in [1.82, 2.24) is 15.0 Å². The van der Waals surface area contributed by atoms with E-state index in [1.54, 1.807) is 18.3 Å². The number of pyridine rings is 2. The number of nitrogens with zero attached hydrogens (tertiary/aromatic N) is 4. The number of rotatable bonds is 4. The average Bonchev–Trinajstić information content (AvgIpc) is 3.11. The van der Waals surface area contributed by atoms with Gasteiger partial charge in [0.1, 0.15) is 0 Å². The largest absolute Gasteiger partial charge is 0.416 e. The number of carbonyl (C=O) groups excluding carboxylic acids is 1. The van der Waals surface area contributed by atoms with Crippen LogP contribution in [0.1, 0.15) is 35.4 Å². The number of halogens is 3. The lowest BCUT2D eigenvalue weighted by atomic mass is 10.00. The third kappa shape index (κ3) is 4.17.